The standard InChI is InChI=1S/C14H20FNO/c1-10(12-5-3-4-6-13(12)15)16(2)9-14(17)11-7-8-11/h3-6,10-11,14,17H,7-9H2,1-2H3. The van der Waals surface area contributed by atoms with Crippen molar-refractivity contribution in [2.45, 2.75) is 31.9 Å². The van der Waals surface area contributed by atoms with Gasteiger partial charge in [-0.15, -0.1) is 0 Å². The van der Waals surface area contributed by atoms with Crippen LogP contribution < -0.4 is 0 Å². The molecule has 1 aromatic carbocycles. The highest BCUT2D eigenvalue weighted by Gasteiger charge is 2.31. The van der Waals surface area contributed by atoms with E-state index >= 15 is 0 Å². The summed E-state index contributed by atoms with van der Waals surface area (Å²) in [6, 6.07) is 6.83. The number of likely N-dealkylation sites (N-methyl/N-ethyl adjacent to an activating group) is 1. The summed E-state index contributed by atoms with van der Waals surface area (Å²) >= 11 is 0. The van der Waals surface area contributed by atoms with E-state index < -0.39 is 0 Å². The molecule has 0 spiro atoms. The molecule has 0 heterocycles. The second kappa shape index (κ2) is 5.15. The Morgan fingerprint density at radius 2 is 2.06 bits per heavy atom. The Balaban J connectivity index is 1.98. The fourth-order valence-corrected chi connectivity index (χ4v) is 2.13. The highest BCUT2D eigenvalue weighted by molar-refractivity contribution is 5.20. The largest absolute Gasteiger partial charge is 0.392 e. The van der Waals surface area contributed by atoms with Crippen molar-refractivity contribution < 1.29 is 9.50 Å². The van der Waals surface area contributed by atoms with Gasteiger partial charge in [0.05, 0.1) is 6.10 Å². The summed E-state index contributed by atoms with van der Waals surface area (Å²) < 4.78 is 13.6. The van der Waals surface area contributed by atoms with Crippen molar-refractivity contribution in [3.63, 3.8) is 0 Å². The highest BCUT2D eigenvalue weighted by atomic mass is 19.1. The van der Waals surface area contributed by atoms with Crippen LogP contribution in [0.25, 0.3) is 0 Å². The number of aliphatic hydroxyl groups is 1. The zero-order chi connectivity index (χ0) is 12.4. The molecule has 0 radical (unpaired) electrons. The highest BCUT2D eigenvalue weighted by Crippen LogP contribution is 2.33. The van der Waals surface area contributed by atoms with Crippen LogP contribution in [0.4, 0.5) is 4.39 Å². The molecule has 1 aliphatic rings. The number of nitrogens with zero attached hydrogens (tertiary/aromatic N) is 1. The van der Waals surface area contributed by atoms with E-state index in [4.69, 9.17) is 0 Å². The van der Waals surface area contributed by atoms with Crippen LogP contribution >= 0.6 is 0 Å². The number of benzene rings is 1. The van der Waals surface area contributed by atoms with E-state index in [0.717, 1.165) is 12.8 Å². The second-order valence-electron chi connectivity index (χ2n) is 5.04. The lowest BCUT2D eigenvalue weighted by Gasteiger charge is -2.27. The summed E-state index contributed by atoms with van der Waals surface area (Å²) in [6.45, 7) is 2.58. The fourth-order valence-electron chi connectivity index (χ4n) is 2.13. The van der Waals surface area contributed by atoms with Gasteiger partial charge in [0.2, 0.25) is 0 Å². The molecule has 1 N–H and O–H groups in total. The Hall–Kier alpha value is -0.930. The lowest BCUT2D eigenvalue weighted by molar-refractivity contribution is 0.0904. The van der Waals surface area contributed by atoms with Crippen molar-refractivity contribution in [3.8, 4) is 0 Å². The lowest BCUT2D eigenvalue weighted by atomic mass is 10.1. The van der Waals surface area contributed by atoms with Crippen LogP contribution in [0.2, 0.25) is 0 Å². The summed E-state index contributed by atoms with van der Waals surface area (Å²) in [5, 5.41) is 9.89. The minimum Gasteiger partial charge on any atom is -0.392 e. The monoisotopic (exact) mass is 237 g/mol. The third-order valence-electron chi connectivity index (χ3n) is 3.66. The van der Waals surface area contributed by atoms with Gasteiger partial charge < -0.3 is 5.11 Å². The maximum Gasteiger partial charge on any atom is 0.127 e. The van der Waals surface area contributed by atoms with Gasteiger partial charge >= 0.3 is 0 Å². The molecule has 1 aromatic rings. The average Bonchev–Trinajstić information content (AvgIpc) is 3.12. The van der Waals surface area contributed by atoms with E-state index in [1.807, 2.05) is 24.9 Å². The summed E-state index contributed by atoms with van der Waals surface area (Å²) in [6.07, 6.45) is 1.99. The van der Waals surface area contributed by atoms with Crippen molar-refractivity contribution in [2.24, 2.45) is 5.92 Å². The molecular formula is C14H20FNO. The molecule has 0 bridgehead atoms. The molecule has 1 aliphatic carbocycles. The molecule has 0 aromatic heterocycles. The first kappa shape index (κ1) is 12.5. The fraction of sp³-hybridized carbons (Fsp3) is 0.571. The van der Waals surface area contributed by atoms with Crippen molar-refractivity contribution in [1.82, 2.24) is 4.90 Å². The second-order valence-corrected chi connectivity index (χ2v) is 5.04. The van der Waals surface area contributed by atoms with Gasteiger partial charge in [-0.25, -0.2) is 4.39 Å². The van der Waals surface area contributed by atoms with Crippen molar-refractivity contribution in [3.05, 3.63) is 35.6 Å². The normalized spacial score (nSPS) is 19.4. The SMILES string of the molecule is CC(c1ccccc1F)N(C)CC(O)C1CC1. The predicted molar refractivity (Wildman–Crippen MR) is 66.2 cm³/mol. The Bertz CT molecular complexity index is 378. The predicted octanol–water partition coefficient (Wildman–Crippen LogP) is 2.59. The first-order chi connectivity index (χ1) is 8.09. The Labute approximate surface area is 102 Å². The van der Waals surface area contributed by atoms with E-state index in [2.05, 4.69) is 0 Å². The van der Waals surface area contributed by atoms with Gasteiger partial charge in [-0.05, 0) is 38.8 Å². The molecule has 0 saturated heterocycles. The molecule has 17 heavy (non-hydrogen) atoms. The van der Waals surface area contributed by atoms with Crippen LogP contribution in [-0.4, -0.2) is 29.7 Å². The van der Waals surface area contributed by atoms with Gasteiger partial charge in [-0.3, -0.25) is 4.90 Å². The van der Waals surface area contributed by atoms with E-state index in [1.54, 1.807) is 12.1 Å². The van der Waals surface area contributed by atoms with Gasteiger partial charge in [-0.2, -0.15) is 0 Å². The summed E-state index contributed by atoms with van der Waals surface area (Å²) in [5.41, 5.74) is 0.693. The molecule has 1 saturated carbocycles. The van der Waals surface area contributed by atoms with E-state index in [-0.39, 0.29) is 18.0 Å². The Kier molecular flexibility index (Phi) is 3.79. The van der Waals surface area contributed by atoms with Crippen LogP contribution in [0.5, 0.6) is 0 Å². The molecule has 0 aliphatic heterocycles. The van der Waals surface area contributed by atoms with Crippen LogP contribution in [0, 0.1) is 11.7 Å². The molecule has 2 rings (SSSR count). The van der Waals surface area contributed by atoms with Crippen LogP contribution in [0.3, 0.4) is 0 Å². The van der Waals surface area contributed by atoms with Crippen molar-refractivity contribution in [1.29, 1.82) is 0 Å². The first-order valence-electron chi connectivity index (χ1n) is 6.22. The first-order valence-corrected chi connectivity index (χ1v) is 6.22. The van der Waals surface area contributed by atoms with E-state index in [1.165, 1.54) is 6.07 Å². The minimum atomic E-state index is -0.269. The van der Waals surface area contributed by atoms with E-state index in [0.29, 0.717) is 18.0 Å². The maximum absolute atomic E-state index is 13.6. The molecule has 2 atom stereocenters. The zero-order valence-electron chi connectivity index (χ0n) is 10.4. The maximum atomic E-state index is 13.6. The minimum absolute atomic E-state index is 0.00963. The summed E-state index contributed by atoms with van der Waals surface area (Å²) in [7, 11) is 1.93. The topological polar surface area (TPSA) is 23.5 Å². The number of hydrogen-bond donors (Lipinski definition) is 1. The quantitative estimate of drug-likeness (QED) is 0.851. The van der Waals surface area contributed by atoms with Gasteiger partial charge in [0, 0.05) is 18.2 Å². The number of halogens is 1. The average molecular weight is 237 g/mol. The third-order valence-corrected chi connectivity index (χ3v) is 3.66. The van der Waals surface area contributed by atoms with E-state index in [9.17, 15) is 9.50 Å². The molecule has 2 unspecified atom stereocenters. The molecule has 0 amide bonds. The van der Waals surface area contributed by atoms with Gasteiger partial charge in [0.1, 0.15) is 5.82 Å². The molecule has 3 heteroatoms. The van der Waals surface area contributed by atoms with Crippen LogP contribution in [0.1, 0.15) is 31.4 Å². The van der Waals surface area contributed by atoms with Gasteiger partial charge in [0.25, 0.3) is 0 Å². The molecule has 1 fully saturated rings. The molecule has 2 nitrogen and oxygen atoms in total. The zero-order valence-corrected chi connectivity index (χ0v) is 10.4. The summed E-state index contributed by atoms with van der Waals surface area (Å²) in [4.78, 5) is 2.02. The smallest absolute Gasteiger partial charge is 0.127 e. The number of rotatable bonds is 5. The molecule has 94 valence electrons. The third kappa shape index (κ3) is 3.05. The molecular weight excluding hydrogens is 217 g/mol. The number of hydrogen-bond acceptors (Lipinski definition) is 2. The van der Waals surface area contributed by atoms with Crippen molar-refractivity contribution >= 4 is 0 Å². The van der Waals surface area contributed by atoms with Gasteiger partial charge in [0.15, 0.2) is 0 Å². The Morgan fingerprint density at radius 1 is 1.41 bits per heavy atom. The van der Waals surface area contributed by atoms with Crippen LogP contribution in [0.15, 0.2) is 24.3 Å². The van der Waals surface area contributed by atoms with Crippen molar-refractivity contribution in [2.75, 3.05) is 13.6 Å². The lowest BCUT2D eigenvalue weighted by Crippen LogP contribution is -2.32. The van der Waals surface area contributed by atoms with Crippen LogP contribution in [-0.2, 0) is 0 Å². The summed E-state index contributed by atoms with van der Waals surface area (Å²) in [5.74, 6) is 0.290. The van der Waals surface area contributed by atoms with Gasteiger partial charge in [-0.1, -0.05) is 18.2 Å². The Morgan fingerprint density at radius 3 is 2.65 bits per heavy atom. The number of aliphatic hydroxyl groups excluding tert-OH is 1.